The highest BCUT2D eigenvalue weighted by Crippen LogP contribution is 2.43. The van der Waals surface area contributed by atoms with Gasteiger partial charge in [-0.2, -0.15) is 0 Å². The Bertz CT molecular complexity index is 802. The summed E-state index contributed by atoms with van der Waals surface area (Å²) in [4.78, 5) is 7.11. The number of pyridine rings is 1. The van der Waals surface area contributed by atoms with Gasteiger partial charge in [0.1, 0.15) is 0 Å². The van der Waals surface area contributed by atoms with Gasteiger partial charge in [0.2, 0.25) is 0 Å². The number of piperidine rings is 2. The van der Waals surface area contributed by atoms with Crippen LogP contribution in [0.5, 0.6) is 0 Å². The molecule has 1 aromatic heterocycles. The Balaban J connectivity index is 1.58. The molecule has 2 bridgehead atoms. The number of fused-ring (bicyclic) bond motifs is 3. The van der Waals surface area contributed by atoms with E-state index in [1.165, 1.54) is 48.9 Å². The molecule has 0 atom stereocenters. The predicted molar refractivity (Wildman–Crippen MR) is 119 cm³/mol. The van der Waals surface area contributed by atoms with Gasteiger partial charge in [-0.05, 0) is 73.4 Å². The average Bonchev–Trinajstić information content (AvgIpc) is 2.82. The third kappa shape index (κ3) is 3.51. The van der Waals surface area contributed by atoms with Crippen LogP contribution in [0.15, 0.2) is 85.2 Å². The first-order chi connectivity index (χ1) is 14.4. The molecule has 1 saturated carbocycles. The third-order valence-electron chi connectivity index (χ3n) is 7.31. The fourth-order valence-electron chi connectivity index (χ4n) is 5.77. The number of benzene rings is 2. The average molecular weight is 383 g/mol. The molecule has 148 valence electrons. The van der Waals surface area contributed by atoms with Gasteiger partial charge in [0.05, 0.1) is 0 Å². The van der Waals surface area contributed by atoms with Crippen molar-refractivity contribution < 1.29 is 0 Å². The van der Waals surface area contributed by atoms with Crippen molar-refractivity contribution in [2.75, 3.05) is 13.1 Å². The Morgan fingerprint density at radius 3 is 1.79 bits per heavy atom. The van der Waals surface area contributed by atoms with Crippen LogP contribution in [0.2, 0.25) is 0 Å². The Morgan fingerprint density at radius 2 is 1.28 bits per heavy atom. The van der Waals surface area contributed by atoms with Crippen LogP contribution in [-0.4, -0.2) is 29.0 Å². The zero-order chi connectivity index (χ0) is 19.5. The first-order valence-corrected chi connectivity index (χ1v) is 11.1. The van der Waals surface area contributed by atoms with Gasteiger partial charge >= 0.3 is 0 Å². The van der Waals surface area contributed by atoms with Gasteiger partial charge in [0.25, 0.3) is 0 Å². The molecular formula is C27H30N2. The number of nitrogens with zero attached hydrogens (tertiary/aromatic N) is 2. The van der Waals surface area contributed by atoms with Crippen molar-refractivity contribution in [3.8, 4) is 0 Å². The summed E-state index contributed by atoms with van der Waals surface area (Å²) in [5.41, 5.74) is 3.94. The van der Waals surface area contributed by atoms with Gasteiger partial charge in [-0.1, -0.05) is 60.7 Å². The molecule has 6 rings (SSSR count). The number of rotatable bonds is 6. The van der Waals surface area contributed by atoms with E-state index in [4.69, 9.17) is 0 Å². The van der Waals surface area contributed by atoms with Gasteiger partial charge in [-0.25, -0.2) is 0 Å². The van der Waals surface area contributed by atoms with E-state index in [2.05, 4.69) is 82.7 Å². The standard InChI is InChI=1S/C27H30N2/c1-3-7-23(8-4-1)27(24-9-5-2-6-10-24,25-15-18-28-19-16-25)17-20-29-21-22-11-13-26(29)14-12-22/h1-10,15-16,18-19,22,26H,11-14,17,20-21H2. The monoisotopic (exact) mass is 382 g/mol. The minimum absolute atomic E-state index is 0.151. The van der Waals surface area contributed by atoms with Crippen molar-refractivity contribution in [3.05, 3.63) is 102 Å². The minimum Gasteiger partial charge on any atom is -0.300 e. The fraction of sp³-hybridized carbons (Fsp3) is 0.370. The topological polar surface area (TPSA) is 16.1 Å². The highest BCUT2D eigenvalue weighted by atomic mass is 15.2. The molecule has 3 heterocycles. The lowest BCUT2D eigenvalue weighted by Crippen LogP contribution is -2.49. The Morgan fingerprint density at radius 1 is 0.724 bits per heavy atom. The van der Waals surface area contributed by atoms with Crippen molar-refractivity contribution >= 4 is 0 Å². The van der Waals surface area contributed by atoms with Crippen LogP contribution in [0.25, 0.3) is 0 Å². The number of hydrogen-bond donors (Lipinski definition) is 0. The van der Waals surface area contributed by atoms with Crippen molar-refractivity contribution in [3.63, 3.8) is 0 Å². The number of aromatic nitrogens is 1. The van der Waals surface area contributed by atoms with E-state index in [0.29, 0.717) is 0 Å². The molecule has 2 nitrogen and oxygen atoms in total. The predicted octanol–water partition coefficient (Wildman–Crippen LogP) is 5.68. The smallest absolute Gasteiger partial charge is 0.0464 e. The molecule has 3 aromatic rings. The SMILES string of the molecule is c1ccc(C(CCN2CC3CCC2CC3)(c2ccccc2)c2ccncc2)cc1. The molecule has 2 saturated heterocycles. The fourth-order valence-corrected chi connectivity index (χ4v) is 5.77. The molecule has 2 heteroatoms. The molecule has 0 amide bonds. The first kappa shape index (κ1) is 18.6. The van der Waals surface area contributed by atoms with Crippen LogP contribution in [0.3, 0.4) is 0 Å². The lowest BCUT2D eigenvalue weighted by Gasteiger charge is -2.47. The normalized spacial score (nSPS) is 21.9. The van der Waals surface area contributed by atoms with Crippen molar-refractivity contribution in [1.29, 1.82) is 0 Å². The van der Waals surface area contributed by atoms with Gasteiger partial charge < -0.3 is 4.90 Å². The summed E-state index contributed by atoms with van der Waals surface area (Å²) in [5.74, 6) is 0.920. The van der Waals surface area contributed by atoms with Gasteiger partial charge in [0, 0.05) is 30.4 Å². The molecule has 0 spiro atoms. The molecule has 3 aliphatic rings. The maximum absolute atomic E-state index is 4.32. The van der Waals surface area contributed by atoms with Crippen LogP contribution < -0.4 is 0 Å². The van der Waals surface area contributed by atoms with Gasteiger partial charge in [-0.15, -0.1) is 0 Å². The summed E-state index contributed by atoms with van der Waals surface area (Å²) in [6.45, 7) is 2.44. The van der Waals surface area contributed by atoms with Gasteiger partial charge in [0.15, 0.2) is 0 Å². The molecule has 29 heavy (non-hydrogen) atoms. The summed E-state index contributed by atoms with van der Waals surface area (Å²) in [6.07, 6.45) is 10.6. The van der Waals surface area contributed by atoms with Crippen LogP contribution in [0, 0.1) is 5.92 Å². The third-order valence-corrected chi connectivity index (χ3v) is 7.31. The molecule has 0 unspecified atom stereocenters. The highest BCUT2D eigenvalue weighted by Gasteiger charge is 2.39. The van der Waals surface area contributed by atoms with Crippen molar-refractivity contribution in [2.45, 2.75) is 43.6 Å². The summed E-state index contributed by atoms with van der Waals surface area (Å²) in [7, 11) is 0. The lowest BCUT2D eigenvalue weighted by molar-refractivity contribution is 0.0454. The zero-order valence-electron chi connectivity index (χ0n) is 17.1. The second kappa shape index (κ2) is 8.12. The van der Waals surface area contributed by atoms with Crippen LogP contribution in [-0.2, 0) is 5.41 Å². The van der Waals surface area contributed by atoms with E-state index >= 15 is 0 Å². The molecule has 0 N–H and O–H groups in total. The molecule has 2 aliphatic heterocycles. The summed E-state index contributed by atoms with van der Waals surface area (Å²) in [6, 6.07) is 27.4. The Labute approximate surface area is 174 Å². The summed E-state index contributed by atoms with van der Waals surface area (Å²) < 4.78 is 0. The van der Waals surface area contributed by atoms with Crippen molar-refractivity contribution in [2.24, 2.45) is 5.92 Å². The molecule has 2 aromatic carbocycles. The van der Waals surface area contributed by atoms with E-state index in [1.807, 2.05) is 12.4 Å². The van der Waals surface area contributed by atoms with E-state index in [0.717, 1.165) is 24.9 Å². The second-order valence-electron chi connectivity index (χ2n) is 8.79. The maximum Gasteiger partial charge on any atom is 0.0464 e. The molecule has 1 aliphatic carbocycles. The van der Waals surface area contributed by atoms with E-state index in [1.54, 1.807) is 0 Å². The van der Waals surface area contributed by atoms with Crippen LogP contribution in [0.1, 0.15) is 48.8 Å². The van der Waals surface area contributed by atoms with E-state index in [-0.39, 0.29) is 5.41 Å². The largest absolute Gasteiger partial charge is 0.300 e. The molecule has 0 radical (unpaired) electrons. The highest BCUT2D eigenvalue weighted by molar-refractivity contribution is 5.49. The minimum atomic E-state index is -0.151. The van der Waals surface area contributed by atoms with Crippen molar-refractivity contribution in [1.82, 2.24) is 9.88 Å². The van der Waals surface area contributed by atoms with Gasteiger partial charge in [-0.3, -0.25) is 4.98 Å². The molecule has 3 fully saturated rings. The Hall–Kier alpha value is -2.45. The zero-order valence-corrected chi connectivity index (χ0v) is 17.1. The maximum atomic E-state index is 4.32. The molecular weight excluding hydrogens is 352 g/mol. The van der Waals surface area contributed by atoms with Crippen LogP contribution in [0.4, 0.5) is 0 Å². The number of hydrogen-bond acceptors (Lipinski definition) is 2. The second-order valence-corrected chi connectivity index (χ2v) is 8.79. The van der Waals surface area contributed by atoms with E-state index in [9.17, 15) is 0 Å². The first-order valence-electron chi connectivity index (χ1n) is 11.1. The summed E-state index contributed by atoms with van der Waals surface area (Å²) in [5, 5.41) is 0. The van der Waals surface area contributed by atoms with E-state index < -0.39 is 0 Å². The summed E-state index contributed by atoms with van der Waals surface area (Å²) >= 11 is 0. The Kier molecular flexibility index (Phi) is 5.20. The lowest BCUT2D eigenvalue weighted by atomic mass is 9.67. The van der Waals surface area contributed by atoms with Crippen LogP contribution >= 0.6 is 0 Å². The quantitative estimate of drug-likeness (QED) is 0.545.